The van der Waals surface area contributed by atoms with Crippen LogP contribution in [0.1, 0.15) is 17.2 Å². The first-order chi connectivity index (χ1) is 7.29. The summed E-state index contributed by atoms with van der Waals surface area (Å²) in [5.74, 6) is 0.0638. The van der Waals surface area contributed by atoms with Crippen LogP contribution >= 0.6 is 0 Å². The van der Waals surface area contributed by atoms with E-state index in [9.17, 15) is 10.2 Å². The van der Waals surface area contributed by atoms with Crippen LogP contribution in [0.15, 0.2) is 43.0 Å². The van der Waals surface area contributed by atoms with E-state index in [0.29, 0.717) is 11.1 Å². The Hall–Kier alpha value is -1.94. The molecule has 0 fully saturated rings. The van der Waals surface area contributed by atoms with E-state index in [-0.39, 0.29) is 5.75 Å². The van der Waals surface area contributed by atoms with Crippen LogP contribution in [-0.4, -0.2) is 20.2 Å². The molecule has 0 spiro atoms. The average Bonchev–Trinajstić information content (AvgIpc) is 2.30. The van der Waals surface area contributed by atoms with E-state index in [4.69, 9.17) is 0 Å². The largest absolute Gasteiger partial charge is 0.508 e. The molecule has 1 atom stereocenters. The van der Waals surface area contributed by atoms with Crippen molar-refractivity contribution in [2.45, 2.75) is 6.10 Å². The summed E-state index contributed by atoms with van der Waals surface area (Å²) in [6.45, 7) is 0. The minimum absolute atomic E-state index is 0.0638. The van der Waals surface area contributed by atoms with Crippen molar-refractivity contribution >= 4 is 0 Å². The lowest BCUT2D eigenvalue weighted by Crippen LogP contribution is -2.00. The third-order valence-electron chi connectivity index (χ3n) is 2.13. The van der Waals surface area contributed by atoms with Gasteiger partial charge in [-0.25, -0.2) is 9.97 Å². The maximum absolute atomic E-state index is 9.93. The number of hydrogen-bond donors (Lipinski definition) is 2. The van der Waals surface area contributed by atoms with Gasteiger partial charge in [0.1, 0.15) is 18.2 Å². The van der Waals surface area contributed by atoms with Crippen LogP contribution in [0, 0.1) is 0 Å². The van der Waals surface area contributed by atoms with Crippen LogP contribution < -0.4 is 0 Å². The average molecular weight is 202 g/mol. The van der Waals surface area contributed by atoms with Crippen molar-refractivity contribution in [2.75, 3.05) is 0 Å². The Morgan fingerprint density at radius 3 is 2.40 bits per heavy atom. The van der Waals surface area contributed by atoms with Gasteiger partial charge in [-0.1, -0.05) is 18.2 Å². The Morgan fingerprint density at radius 2 is 1.73 bits per heavy atom. The normalized spacial score (nSPS) is 12.3. The number of aliphatic hydroxyl groups is 1. The number of aliphatic hydroxyl groups excluding tert-OH is 1. The fourth-order valence-corrected chi connectivity index (χ4v) is 1.35. The Labute approximate surface area is 86.9 Å². The second kappa shape index (κ2) is 4.06. The summed E-state index contributed by atoms with van der Waals surface area (Å²) in [7, 11) is 0. The molecule has 1 aromatic heterocycles. The van der Waals surface area contributed by atoms with Gasteiger partial charge in [0.15, 0.2) is 0 Å². The third kappa shape index (κ3) is 1.94. The Morgan fingerprint density at radius 1 is 1.07 bits per heavy atom. The molecule has 2 N–H and O–H groups in total. The van der Waals surface area contributed by atoms with Gasteiger partial charge < -0.3 is 10.2 Å². The first kappa shape index (κ1) is 9.61. The molecule has 0 bridgehead atoms. The van der Waals surface area contributed by atoms with Gasteiger partial charge in [-0.05, 0) is 6.07 Å². The Kier molecular flexibility index (Phi) is 2.60. The predicted octanol–water partition coefficient (Wildman–Crippen LogP) is 1.26. The zero-order valence-corrected chi connectivity index (χ0v) is 7.91. The van der Waals surface area contributed by atoms with Gasteiger partial charge in [0, 0.05) is 23.5 Å². The number of hydrogen-bond acceptors (Lipinski definition) is 4. The van der Waals surface area contributed by atoms with Gasteiger partial charge in [0.25, 0.3) is 0 Å². The van der Waals surface area contributed by atoms with Crippen molar-refractivity contribution in [3.63, 3.8) is 0 Å². The second-order valence-electron chi connectivity index (χ2n) is 3.13. The highest BCUT2D eigenvalue weighted by atomic mass is 16.3. The molecule has 0 saturated carbocycles. The first-order valence-corrected chi connectivity index (χ1v) is 4.50. The molecule has 2 aromatic rings. The summed E-state index contributed by atoms with van der Waals surface area (Å²) in [5.41, 5.74) is 1.01. The number of phenolic OH excluding ortho intramolecular Hbond substituents is 1. The maximum atomic E-state index is 9.93. The molecule has 2 rings (SSSR count). The highest BCUT2D eigenvalue weighted by Crippen LogP contribution is 2.27. The van der Waals surface area contributed by atoms with Gasteiger partial charge in [-0.2, -0.15) is 0 Å². The monoisotopic (exact) mass is 202 g/mol. The first-order valence-electron chi connectivity index (χ1n) is 4.50. The van der Waals surface area contributed by atoms with Gasteiger partial charge in [-0.3, -0.25) is 0 Å². The third-order valence-corrected chi connectivity index (χ3v) is 2.13. The van der Waals surface area contributed by atoms with Crippen LogP contribution in [0.3, 0.4) is 0 Å². The Bertz CT molecular complexity index is 445. The molecule has 0 amide bonds. The molecule has 4 heteroatoms. The zero-order chi connectivity index (χ0) is 10.7. The van der Waals surface area contributed by atoms with Crippen LogP contribution in [0.25, 0.3) is 0 Å². The van der Waals surface area contributed by atoms with Crippen molar-refractivity contribution < 1.29 is 10.2 Å². The lowest BCUT2D eigenvalue weighted by atomic mass is 10.0. The summed E-state index contributed by atoms with van der Waals surface area (Å²) < 4.78 is 0. The molecule has 0 aliphatic rings. The summed E-state index contributed by atoms with van der Waals surface area (Å²) in [4.78, 5) is 7.62. The predicted molar refractivity (Wildman–Crippen MR) is 54.2 cm³/mol. The van der Waals surface area contributed by atoms with E-state index in [2.05, 4.69) is 9.97 Å². The molecule has 1 heterocycles. The summed E-state index contributed by atoms with van der Waals surface area (Å²) in [5, 5.41) is 19.5. The van der Waals surface area contributed by atoms with Crippen LogP contribution in [0.5, 0.6) is 5.75 Å². The maximum Gasteiger partial charge on any atom is 0.121 e. The minimum Gasteiger partial charge on any atom is -0.508 e. The lowest BCUT2D eigenvalue weighted by Gasteiger charge is -2.11. The molecular formula is C11H10N2O2. The SMILES string of the molecule is Oc1ccccc1C(O)c1cncnc1. The number of aromatic hydroxyl groups is 1. The van der Waals surface area contributed by atoms with Gasteiger partial charge >= 0.3 is 0 Å². The van der Waals surface area contributed by atoms with E-state index >= 15 is 0 Å². The molecule has 0 saturated heterocycles. The summed E-state index contributed by atoms with van der Waals surface area (Å²) in [6, 6.07) is 6.64. The van der Waals surface area contributed by atoms with Crippen molar-refractivity contribution in [1.82, 2.24) is 9.97 Å². The molecule has 15 heavy (non-hydrogen) atoms. The van der Waals surface area contributed by atoms with Gasteiger partial charge in [-0.15, -0.1) is 0 Å². The lowest BCUT2D eigenvalue weighted by molar-refractivity contribution is 0.214. The fraction of sp³-hybridized carbons (Fsp3) is 0.0909. The number of rotatable bonds is 2. The van der Waals surface area contributed by atoms with Crippen molar-refractivity contribution in [2.24, 2.45) is 0 Å². The standard InChI is InChI=1S/C11H10N2O2/c14-10-4-2-1-3-9(10)11(15)8-5-12-7-13-6-8/h1-7,11,14-15H. The summed E-state index contributed by atoms with van der Waals surface area (Å²) >= 11 is 0. The van der Waals surface area contributed by atoms with Gasteiger partial charge in [0.05, 0.1) is 0 Å². The smallest absolute Gasteiger partial charge is 0.121 e. The number of nitrogens with zero attached hydrogens (tertiary/aromatic N) is 2. The van der Waals surface area contributed by atoms with E-state index in [1.165, 1.54) is 24.8 Å². The number of benzene rings is 1. The number of aromatic nitrogens is 2. The quantitative estimate of drug-likeness (QED) is 0.769. The molecule has 0 aliphatic heterocycles. The number of phenols is 1. The highest BCUT2D eigenvalue weighted by Gasteiger charge is 2.13. The molecule has 0 aliphatic carbocycles. The van der Waals surface area contributed by atoms with Crippen molar-refractivity contribution in [3.05, 3.63) is 54.1 Å². The van der Waals surface area contributed by atoms with Crippen molar-refractivity contribution in [3.8, 4) is 5.75 Å². The summed E-state index contributed by atoms with van der Waals surface area (Å²) in [6.07, 6.45) is 3.53. The zero-order valence-electron chi connectivity index (χ0n) is 7.91. The van der Waals surface area contributed by atoms with Crippen LogP contribution in [0.2, 0.25) is 0 Å². The van der Waals surface area contributed by atoms with Crippen LogP contribution in [-0.2, 0) is 0 Å². The van der Waals surface area contributed by atoms with E-state index in [1.54, 1.807) is 18.2 Å². The topological polar surface area (TPSA) is 66.2 Å². The molecular weight excluding hydrogens is 192 g/mol. The van der Waals surface area contributed by atoms with Crippen LogP contribution in [0.4, 0.5) is 0 Å². The van der Waals surface area contributed by atoms with E-state index < -0.39 is 6.10 Å². The molecule has 1 aromatic carbocycles. The highest BCUT2D eigenvalue weighted by molar-refractivity contribution is 5.37. The fourth-order valence-electron chi connectivity index (χ4n) is 1.35. The molecule has 4 nitrogen and oxygen atoms in total. The molecule has 1 unspecified atom stereocenters. The minimum atomic E-state index is -0.896. The Balaban J connectivity index is 2.37. The second-order valence-corrected chi connectivity index (χ2v) is 3.13. The van der Waals surface area contributed by atoms with Crippen molar-refractivity contribution in [1.29, 1.82) is 0 Å². The number of para-hydroxylation sites is 1. The van der Waals surface area contributed by atoms with Gasteiger partial charge in [0.2, 0.25) is 0 Å². The van der Waals surface area contributed by atoms with E-state index in [0.717, 1.165) is 0 Å². The molecule has 0 radical (unpaired) electrons. The van der Waals surface area contributed by atoms with E-state index in [1.807, 2.05) is 0 Å². The molecule has 76 valence electrons.